The summed E-state index contributed by atoms with van der Waals surface area (Å²) < 4.78 is 31.8. The molecule has 0 aromatic heterocycles. The van der Waals surface area contributed by atoms with Gasteiger partial charge in [-0.15, -0.1) is 0 Å². The number of aromatic hydroxyl groups is 1. The van der Waals surface area contributed by atoms with E-state index >= 15 is 0 Å². The Hall–Kier alpha value is -1.36. The van der Waals surface area contributed by atoms with Crippen LogP contribution >= 0.6 is 0 Å². The lowest BCUT2D eigenvalue weighted by Crippen LogP contribution is -2.27. The van der Waals surface area contributed by atoms with Gasteiger partial charge in [0.15, 0.2) is 17.3 Å². The van der Waals surface area contributed by atoms with Crippen LogP contribution in [0.5, 0.6) is 11.5 Å². The maximum Gasteiger partial charge on any atom is 0.197 e. The molecule has 3 nitrogen and oxygen atoms in total. The Morgan fingerprint density at radius 2 is 2.12 bits per heavy atom. The molecule has 1 aromatic carbocycles. The first-order valence-electron chi connectivity index (χ1n) is 5.63. The van der Waals surface area contributed by atoms with Crippen molar-refractivity contribution in [3.05, 3.63) is 23.3 Å². The number of ether oxygens (including phenoxy) is 1. The molecule has 5 heteroatoms. The molecule has 2 rings (SSSR count). The molecule has 1 unspecified atom stereocenters. The molecule has 1 saturated heterocycles. The molecule has 1 aliphatic rings. The van der Waals surface area contributed by atoms with Crippen molar-refractivity contribution < 1.29 is 18.6 Å². The third kappa shape index (κ3) is 2.20. The van der Waals surface area contributed by atoms with Crippen molar-refractivity contribution in [3.8, 4) is 11.5 Å². The summed E-state index contributed by atoms with van der Waals surface area (Å²) in [5.41, 5.74) is 0.1000. The van der Waals surface area contributed by atoms with E-state index in [0.717, 1.165) is 31.9 Å². The second kappa shape index (κ2) is 4.87. The van der Waals surface area contributed by atoms with E-state index in [2.05, 4.69) is 5.32 Å². The number of piperidine rings is 1. The molecule has 1 atom stereocenters. The van der Waals surface area contributed by atoms with Crippen LogP contribution in [-0.4, -0.2) is 18.8 Å². The van der Waals surface area contributed by atoms with Crippen molar-refractivity contribution in [2.24, 2.45) is 0 Å². The summed E-state index contributed by atoms with van der Waals surface area (Å²) in [6.07, 6.45) is 2.70. The second-order valence-electron chi connectivity index (χ2n) is 4.14. The van der Waals surface area contributed by atoms with Crippen molar-refractivity contribution in [1.82, 2.24) is 5.32 Å². The molecule has 0 saturated carbocycles. The number of methoxy groups -OCH3 is 1. The molecule has 0 aliphatic carbocycles. The fraction of sp³-hybridized carbons (Fsp3) is 0.500. The summed E-state index contributed by atoms with van der Waals surface area (Å²) in [5, 5.41) is 13.0. The van der Waals surface area contributed by atoms with Gasteiger partial charge in [0.25, 0.3) is 0 Å². The van der Waals surface area contributed by atoms with Crippen molar-refractivity contribution in [2.75, 3.05) is 13.7 Å². The predicted octanol–water partition coefficient (Wildman–Crippen LogP) is 2.49. The lowest BCUT2D eigenvalue weighted by molar-refractivity contribution is 0.329. The van der Waals surface area contributed by atoms with Gasteiger partial charge >= 0.3 is 0 Å². The molecule has 1 aromatic rings. The van der Waals surface area contributed by atoms with Gasteiger partial charge in [0.2, 0.25) is 0 Å². The Labute approximate surface area is 98.4 Å². The Morgan fingerprint density at radius 3 is 2.71 bits per heavy atom. The van der Waals surface area contributed by atoms with Crippen LogP contribution in [0.25, 0.3) is 0 Å². The smallest absolute Gasteiger partial charge is 0.197 e. The van der Waals surface area contributed by atoms with E-state index in [0.29, 0.717) is 0 Å². The maximum absolute atomic E-state index is 13.7. The summed E-state index contributed by atoms with van der Waals surface area (Å²) in [7, 11) is 1.24. The van der Waals surface area contributed by atoms with Crippen LogP contribution in [0.15, 0.2) is 6.07 Å². The van der Waals surface area contributed by atoms with Gasteiger partial charge in [-0.2, -0.15) is 0 Å². The number of benzene rings is 1. The fourth-order valence-corrected chi connectivity index (χ4v) is 2.23. The van der Waals surface area contributed by atoms with E-state index in [4.69, 9.17) is 4.74 Å². The van der Waals surface area contributed by atoms with E-state index in [1.807, 2.05) is 0 Å². The molecule has 1 heterocycles. The zero-order chi connectivity index (χ0) is 12.4. The minimum atomic E-state index is -0.887. The number of phenols is 1. The molecular formula is C12H15F2NO2. The average Bonchev–Trinajstić information content (AvgIpc) is 2.30. The molecule has 94 valence electrons. The van der Waals surface area contributed by atoms with Crippen LogP contribution in [-0.2, 0) is 0 Å². The minimum absolute atomic E-state index is 0.1000. The third-order valence-corrected chi connectivity index (χ3v) is 3.06. The van der Waals surface area contributed by atoms with Crippen LogP contribution in [0.4, 0.5) is 8.78 Å². The van der Waals surface area contributed by atoms with Gasteiger partial charge in [0.1, 0.15) is 5.82 Å². The Bertz CT molecular complexity index is 417. The third-order valence-electron chi connectivity index (χ3n) is 3.06. The number of rotatable bonds is 2. The SMILES string of the molecule is COc1c(F)cc(F)c(C2CCCCN2)c1O. The van der Waals surface area contributed by atoms with E-state index in [1.165, 1.54) is 7.11 Å². The van der Waals surface area contributed by atoms with Crippen molar-refractivity contribution in [1.29, 1.82) is 0 Å². The van der Waals surface area contributed by atoms with E-state index < -0.39 is 17.4 Å². The van der Waals surface area contributed by atoms with Crippen LogP contribution < -0.4 is 10.1 Å². The highest BCUT2D eigenvalue weighted by Gasteiger charge is 2.26. The van der Waals surface area contributed by atoms with Crippen molar-refractivity contribution in [2.45, 2.75) is 25.3 Å². The Morgan fingerprint density at radius 1 is 1.35 bits per heavy atom. The summed E-state index contributed by atoms with van der Waals surface area (Å²) in [6, 6.07) is 0.475. The molecule has 2 N–H and O–H groups in total. The molecule has 1 aliphatic heterocycles. The van der Waals surface area contributed by atoms with E-state index in [9.17, 15) is 13.9 Å². The highest BCUT2D eigenvalue weighted by molar-refractivity contribution is 5.48. The maximum atomic E-state index is 13.7. The van der Waals surface area contributed by atoms with E-state index in [-0.39, 0.29) is 17.4 Å². The lowest BCUT2D eigenvalue weighted by Gasteiger charge is -2.25. The van der Waals surface area contributed by atoms with Crippen molar-refractivity contribution in [3.63, 3.8) is 0 Å². The first-order valence-corrected chi connectivity index (χ1v) is 5.63. The first-order chi connectivity index (χ1) is 8.15. The van der Waals surface area contributed by atoms with Gasteiger partial charge in [-0.25, -0.2) is 8.78 Å². The lowest BCUT2D eigenvalue weighted by atomic mass is 9.96. The normalized spacial score (nSPS) is 20.3. The molecule has 0 spiro atoms. The zero-order valence-electron chi connectivity index (χ0n) is 9.59. The summed E-state index contributed by atoms with van der Waals surface area (Å²) in [5.74, 6) is -2.36. The number of phenolic OH excluding ortho intramolecular Hbond substituents is 1. The molecule has 1 fully saturated rings. The first kappa shape index (κ1) is 12.1. The average molecular weight is 243 g/mol. The van der Waals surface area contributed by atoms with Crippen molar-refractivity contribution >= 4 is 0 Å². The molecular weight excluding hydrogens is 228 g/mol. The molecule has 0 radical (unpaired) electrons. The van der Waals surface area contributed by atoms with Gasteiger partial charge in [0.05, 0.1) is 12.7 Å². The number of hydrogen-bond acceptors (Lipinski definition) is 3. The minimum Gasteiger partial charge on any atom is -0.504 e. The predicted molar refractivity (Wildman–Crippen MR) is 59.2 cm³/mol. The summed E-state index contributed by atoms with van der Waals surface area (Å²) in [6.45, 7) is 0.767. The van der Waals surface area contributed by atoms with Gasteiger partial charge in [0, 0.05) is 12.1 Å². The number of nitrogens with one attached hydrogen (secondary N) is 1. The topological polar surface area (TPSA) is 41.5 Å². The Balaban J connectivity index is 2.44. The van der Waals surface area contributed by atoms with Crippen LogP contribution in [0.3, 0.4) is 0 Å². The van der Waals surface area contributed by atoms with Crippen LogP contribution in [0, 0.1) is 11.6 Å². The summed E-state index contributed by atoms with van der Waals surface area (Å²) >= 11 is 0. The van der Waals surface area contributed by atoms with Gasteiger partial charge in [-0.05, 0) is 19.4 Å². The van der Waals surface area contributed by atoms with Gasteiger partial charge in [-0.1, -0.05) is 6.42 Å². The molecule has 17 heavy (non-hydrogen) atoms. The number of halogens is 2. The molecule has 0 bridgehead atoms. The monoisotopic (exact) mass is 243 g/mol. The highest BCUT2D eigenvalue weighted by atomic mass is 19.1. The quantitative estimate of drug-likeness (QED) is 0.838. The van der Waals surface area contributed by atoms with Gasteiger partial charge < -0.3 is 15.2 Å². The second-order valence-corrected chi connectivity index (χ2v) is 4.14. The highest BCUT2D eigenvalue weighted by Crippen LogP contribution is 2.40. The van der Waals surface area contributed by atoms with E-state index in [1.54, 1.807) is 0 Å². The number of hydrogen-bond donors (Lipinski definition) is 2. The van der Waals surface area contributed by atoms with Gasteiger partial charge in [-0.3, -0.25) is 0 Å². The fourth-order valence-electron chi connectivity index (χ4n) is 2.23. The Kier molecular flexibility index (Phi) is 3.47. The van der Waals surface area contributed by atoms with Crippen LogP contribution in [0.1, 0.15) is 30.9 Å². The molecule has 0 amide bonds. The summed E-state index contributed by atoms with van der Waals surface area (Å²) in [4.78, 5) is 0. The largest absolute Gasteiger partial charge is 0.504 e. The zero-order valence-corrected chi connectivity index (χ0v) is 9.59. The van der Waals surface area contributed by atoms with Crippen LogP contribution in [0.2, 0.25) is 0 Å². The standard InChI is InChI=1S/C12H15F2NO2/c1-17-12-8(14)6-7(13)10(11(12)16)9-4-2-3-5-15-9/h6,9,15-16H,2-5H2,1H3.